The van der Waals surface area contributed by atoms with Gasteiger partial charge in [-0.3, -0.25) is 0 Å². The molecule has 4 nitrogen and oxygen atoms in total. The summed E-state index contributed by atoms with van der Waals surface area (Å²) >= 11 is 0. The number of ether oxygens (including phenoxy) is 1. The lowest BCUT2D eigenvalue weighted by molar-refractivity contribution is 0.0584. The summed E-state index contributed by atoms with van der Waals surface area (Å²) in [5.74, 6) is 0. The van der Waals surface area contributed by atoms with Crippen LogP contribution in [0.25, 0.3) is 0 Å². The second kappa shape index (κ2) is 2.47. The zero-order valence-electron chi connectivity index (χ0n) is 3.22. The Morgan fingerprint density at radius 3 is 2.33 bits per heavy atom. The summed E-state index contributed by atoms with van der Waals surface area (Å²) in [5, 5.41) is 9.14. The Morgan fingerprint density at radius 2 is 2.33 bits per heavy atom. The van der Waals surface area contributed by atoms with E-state index in [4.69, 9.17) is 5.21 Å². The second-order valence-electron chi connectivity index (χ2n) is 0.594. The van der Waals surface area contributed by atoms with E-state index in [2.05, 4.69) is 4.74 Å². The van der Waals surface area contributed by atoms with E-state index in [0.29, 0.717) is 0 Å². The van der Waals surface area contributed by atoms with E-state index in [-0.39, 0.29) is 0 Å². The van der Waals surface area contributed by atoms with E-state index in [0.717, 1.165) is 12.6 Å². The first-order chi connectivity index (χ1) is 2.81. The number of hydrogen-bond acceptors (Lipinski definition) is 2. The zero-order valence-corrected chi connectivity index (χ0v) is 3.22. The molecule has 0 aromatic heterocycles. The highest BCUT2D eigenvalue weighted by Gasteiger charge is 1.88. The Balaban J connectivity index is 2.99. The fourth-order valence-corrected chi connectivity index (χ4v) is 0.0417. The number of hydrogen-bond donors (Lipinski definition) is 1. The average Bonchev–Trinajstić information content (AvgIpc) is 1.65. The Bertz CT molecular complexity index is 46.8. The van der Waals surface area contributed by atoms with Crippen molar-refractivity contribution in [2.45, 2.75) is 0 Å². The molecule has 0 aromatic rings. The van der Waals surface area contributed by atoms with Crippen LogP contribution in [0.2, 0.25) is 0 Å². The van der Waals surface area contributed by atoms with Crippen LogP contribution in [-0.4, -0.2) is 13.2 Å². The number of rotatable bonds is 0. The number of nitrogens with one attached hydrogen (secondary N) is 1. The molecule has 0 fully saturated rings. The second-order valence-corrected chi connectivity index (χ2v) is 0.594. The highest BCUT2D eigenvalue weighted by molar-refractivity contribution is 5.65. The van der Waals surface area contributed by atoms with Crippen LogP contribution in [0.15, 0.2) is 0 Å². The largest absolute Gasteiger partial charge is 0.451 e. The fourth-order valence-electron chi connectivity index (χ4n) is 0.0417. The van der Waals surface area contributed by atoms with Gasteiger partial charge in [0.05, 0.1) is 7.11 Å². The molecule has 0 aliphatic carbocycles. The summed E-state index contributed by atoms with van der Waals surface area (Å²) in [6.07, 6.45) is -0.963. The molecule has 0 spiro atoms. The molecule has 1 radical (unpaired) electrons. The van der Waals surface area contributed by atoms with Gasteiger partial charge in [0.2, 0.25) is 0 Å². The molecule has 0 aliphatic heterocycles. The van der Waals surface area contributed by atoms with Gasteiger partial charge in [-0.25, -0.2) is 4.79 Å². The van der Waals surface area contributed by atoms with Crippen LogP contribution in [0.1, 0.15) is 0 Å². The third-order valence-electron chi connectivity index (χ3n) is 0.269. The number of amides is 1. The molecule has 0 bridgehead atoms. The smallest absolute Gasteiger partial charge is 0.433 e. The number of methoxy groups -OCH3 is 1. The van der Waals surface area contributed by atoms with Crippen LogP contribution in [0, 0.1) is 0 Å². The molecule has 0 unspecified atom stereocenters. The van der Waals surface area contributed by atoms with Crippen molar-refractivity contribution in [3.8, 4) is 0 Å². The Kier molecular flexibility index (Phi) is 2.15. The lowest BCUT2D eigenvalue weighted by Crippen LogP contribution is -2.15. The summed E-state index contributed by atoms with van der Waals surface area (Å²) < 4.78 is 3.84. The highest BCUT2D eigenvalue weighted by atomic mass is 16.6. The van der Waals surface area contributed by atoms with Gasteiger partial charge in [0.15, 0.2) is 0 Å². The Hall–Kier alpha value is -0.770. The zero-order chi connectivity index (χ0) is 4.99. The van der Waals surface area contributed by atoms with E-state index in [1.54, 1.807) is 0 Å². The van der Waals surface area contributed by atoms with Gasteiger partial charge in [-0.1, -0.05) is 5.21 Å². The normalized spacial score (nSPS) is 7.00. The van der Waals surface area contributed by atoms with E-state index in [1.165, 1.54) is 0 Å². The maximum Gasteiger partial charge on any atom is 0.433 e. The minimum atomic E-state index is -0.963. The molecular weight excluding hydrogens is 86.0 g/mol. The number of carbonyl (C=O) groups excluding carboxylic acids is 1. The van der Waals surface area contributed by atoms with Crippen molar-refractivity contribution in [3.63, 3.8) is 0 Å². The average molecular weight is 90.1 g/mol. The number of hydroxylamine groups is 1. The molecule has 1 N–H and O–H groups in total. The van der Waals surface area contributed by atoms with Crippen LogP contribution in [0.4, 0.5) is 4.79 Å². The van der Waals surface area contributed by atoms with Crippen LogP contribution in [0.3, 0.4) is 0 Å². The maximum atomic E-state index is 9.53. The van der Waals surface area contributed by atoms with E-state index < -0.39 is 6.09 Å². The number of carbonyl (C=O) groups is 1. The van der Waals surface area contributed by atoms with Crippen LogP contribution < -0.4 is 5.48 Å². The summed E-state index contributed by atoms with van der Waals surface area (Å²) in [6, 6.07) is 0. The molecule has 0 heterocycles. The van der Waals surface area contributed by atoms with E-state index in [1.807, 2.05) is 0 Å². The first-order valence-electron chi connectivity index (χ1n) is 1.27. The predicted octanol–water partition coefficient (Wildman–Crippen LogP) is -0.312. The quantitative estimate of drug-likeness (QED) is 0.414. The van der Waals surface area contributed by atoms with Gasteiger partial charge in [0, 0.05) is 0 Å². The summed E-state index contributed by atoms with van der Waals surface area (Å²) in [6.45, 7) is 0. The molecule has 0 aromatic carbocycles. The van der Waals surface area contributed by atoms with Crippen molar-refractivity contribution in [2.24, 2.45) is 0 Å². The third kappa shape index (κ3) is 1.54. The molecule has 0 aliphatic rings. The van der Waals surface area contributed by atoms with Crippen molar-refractivity contribution in [2.75, 3.05) is 7.11 Å². The molecule has 1 amide bonds. The minimum absolute atomic E-state index is 0.963. The maximum absolute atomic E-state index is 9.53. The molecule has 0 rings (SSSR count). The van der Waals surface area contributed by atoms with Gasteiger partial charge in [-0.2, -0.15) is 5.48 Å². The van der Waals surface area contributed by atoms with Gasteiger partial charge in [-0.05, 0) is 0 Å². The van der Waals surface area contributed by atoms with E-state index >= 15 is 0 Å². The predicted molar refractivity (Wildman–Crippen MR) is 16.2 cm³/mol. The molecule has 6 heavy (non-hydrogen) atoms. The van der Waals surface area contributed by atoms with Crippen molar-refractivity contribution >= 4 is 6.09 Å². The van der Waals surface area contributed by atoms with Crippen molar-refractivity contribution in [1.29, 1.82) is 0 Å². The van der Waals surface area contributed by atoms with Crippen molar-refractivity contribution in [3.05, 3.63) is 0 Å². The van der Waals surface area contributed by atoms with Gasteiger partial charge in [0.25, 0.3) is 0 Å². The summed E-state index contributed by atoms with van der Waals surface area (Å²) in [4.78, 5) is 9.53. The van der Waals surface area contributed by atoms with Crippen molar-refractivity contribution in [1.82, 2.24) is 5.48 Å². The Morgan fingerprint density at radius 1 is 1.83 bits per heavy atom. The molecular formula is C2H4NO3. The molecule has 0 saturated carbocycles. The lowest BCUT2D eigenvalue weighted by Gasteiger charge is -1.86. The lowest BCUT2D eigenvalue weighted by atomic mass is 11.2. The Labute approximate surface area is 34.7 Å². The monoisotopic (exact) mass is 90.0 g/mol. The standard InChI is InChI=1S/C2H4NO3/c1-6-2(4)3-5/h1H3,(H,3,4). The molecule has 0 saturated heterocycles. The van der Waals surface area contributed by atoms with Gasteiger partial charge in [-0.15, -0.1) is 0 Å². The van der Waals surface area contributed by atoms with Crippen LogP contribution in [-0.2, 0) is 9.94 Å². The SMILES string of the molecule is COC(=O)N[O]. The van der Waals surface area contributed by atoms with Gasteiger partial charge < -0.3 is 4.74 Å². The summed E-state index contributed by atoms with van der Waals surface area (Å²) in [5.41, 5.74) is 1.00. The minimum Gasteiger partial charge on any atom is -0.451 e. The fraction of sp³-hybridized carbons (Fsp3) is 0.500. The van der Waals surface area contributed by atoms with Crippen LogP contribution >= 0.6 is 0 Å². The van der Waals surface area contributed by atoms with Crippen LogP contribution in [0.5, 0.6) is 0 Å². The highest BCUT2D eigenvalue weighted by Crippen LogP contribution is 1.62. The third-order valence-corrected chi connectivity index (χ3v) is 0.269. The van der Waals surface area contributed by atoms with Gasteiger partial charge >= 0.3 is 6.09 Å². The first kappa shape index (κ1) is 5.23. The molecule has 0 atom stereocenters. The first-order valence-corrected chi connectivity index (χ1v) is 1.27. The van der Waals surface area contributed by atoms with E-state index in [9.17, 15) is 4.79 Å². The van der Waals surface area contributed by atoms with Crippen molar-refractivity contribution < 1.29 is 14.7 Å². The topological polar surface area (TPSA) is 58.2 Å². The van der Waals surface area contributed by atoms with Gasteiger partial charge in [0.1, 0.15) is 0 Å². The molecule has 35 valence electrons. The summed E-state index contributed by atoms with van der Waals surface area (Å²) in [7, 11) is 1.12. The molecule has 4 heteroatoms.